The molecule has 2 N–H and O–H groups in total. The average Bonchev–Trinajstić information content (AvgIpc) is 2.87. The minimum atomic E-state index is 0. The summed E-state index contributed by atoms with van der Waals surface area (Å²) in [7, 11) is 2.20. The van der Waals surface area contributed by atoms with Gasteiger partial charge in [0, 0.05) is 61.5 Å². The Morgan fingerprint density at radius 2 is 1.74 bits per heavy atom. The van der Waals surface area contributed by atoms with E-state index in [0.29, 0.717) is 0 Å². The van der Waals surface area contributed by atoms with Gasteiger partial charge in [-0.2, -0.15) is 5.10 Å². The quantitative estimate of drug-likeness (QED) is 0.860. The molecule has 0 radical (unpaired) electrons. The molecule has 2 rings (SSSR count). The minimum absolute atomic E-state index is 0. The summed E-state index contributed by atoms with van der Waals surface area (Å²) >= 11 is 0. The Morgan fingerprint density at radius 1 is 1.13 bits per heavy atom. The Hall–Kier alpha value is -0.620. The highest BCUT2D eigenvalue weighted by atomic mass is 35.5. The Labute approximate surface area is 147 Å². The first-order valence-corrected chi connectivity index (χ1v) is 8.37. The molecular weight excluding hydrogens is 310 g/mol. The molecule has 2 heterocycles. The molecule has 1 aliphatic heterocycles. The van der Waals surface area contributed by atoms with E-state index >= 15 is 0 Å². The van der Waals surface area contributed by atoms with Crippen LogP contribution in [0.3, 0.4) is 0 Å². The lowest BCUT2D eigenvalue weighted by Gasteiger charge is -2.43. The van der Waals surface area contributed by atoms with E-state index < -0.39 is 0 Å². The average molecular weight is 344 g/mol. The molecular formula is C17H34ClN5. The van der Waals surface area contributed by atoms with Crippen LogP contribution in [0.4, 0.5) is 0 Å². The number of aromatic nitrogens is 2. The number of piperazine rings is 1. The van der Waals surface area contributed by atoms with Crippen molar-refractivity contribution in [3.05, 3.63) is 17.5 Å². The van der Waals surface area contributed by atoms with E-state index in [0.717, 1.165) is 26.2 Å². The maximum Gasteiger partial charge on any atom is 0.0535 e. The Balaban J connectivity index is 0.00000264. The van der Waals surface area contributed by atoms with Crippen LogP contribution in [0.15, 0.2) is 6.20 Å². The number of rotatable bonds is 5. The molecule has 0 bridgehead atoms. The van der Waals surface area contributed by atoms with E-state index in [1.807, 2.05) is 6.20 Å². The molecule has 5 nitrogen and oxygen atoms in total. The van der Waals surface area contributed by atoms with Crippen LogP contribution < -0.4 is 5.32 Å². The van der Waals surface area contributed by atoms with Gasteiger partial charge in [0.05, 0.1) is 6.20 Å². The predicted octanol–water partition coefficient (Wildman–Crippen LogP) is 2.24. The second kappa shape index (κ2) is 7.97. The number of H-pyrrole nitrogens is 1. The van der Waals surface area contributed by atoms with Gasteiger partial charge in [-0.05, 0) is 20.9 Å². The molecule has 0 aliphatic carbocycles. The standard InChI is InChI=1S/C17H33N5.ClH/c1-16(2,3)15-14(12-19-20-15)11-18-13-17(4,5)22-9-7-21(6)8-10-22;/h12,18H,7-11,13H2,1-6H3,(H,19,20);1H. The van der Waals surface area contributed by atoms with Crippen LogP contribution in [0.1, 0.15) is 45.9 Å². The fraction of sp³-hybridized carbons (Fsp3) is 0.824. The molecule has 0 amide bonds. The highest BCUT2D eigenvalue weighted by Gasteiger charge is 2.29. The lowest BCUT2D eigenvalue weighted by atomic mass is 9.89. The van der Waals surface area contributed by atoms with Gasteiger partial charge in [0.25, 0.3) is 0 Å². The third-order valence-corrected chi connectivity index (χ3v) is 4.70. The molecule has 0 saturated carbocycles. The zero-order valence-corrected chi connectivity index (χ0v) is 16.4. The van der Waals surface area contributed by atoms with Crippen LogP contribution in [0, 0.1) is 0 Å². The molecule has 0 unspecified atom stereocenters. The number of nitrogens with zero attached hydrogens (tertiary/aromatic N) is 3. The molecule has 0 aromatic carbocycles. The Morgan fingerprint density at radius 3 is 2.30 bits per heavy atom. The van der Waals surface area contributed by atoms with Gasteiger partial charge in [-0.15, -0.1) is 12.4 Å². The van der Waals surface area contributed by atoms with Gasteiger partial charge in [0.2, 0.25) is 0 Å². The highest BCUT2D eigenvalue weighted by molar-refractivity contribution is 5.85. The van der Waals surface area contributed by atoms with Crippen molar-refractivity contribution < 1.29 is 0 Å². The van der Waals surface area contributed by atoms with Crippen molar-refractivity contribution in [1.82, 2.24) is 25.3 Å². The van der Waals surface area contributed by atoms with Gasteiger partial charge in [0.15, 0.2) is 0 Å². The van der Waals surface area contributed by atoms with Crippen molar-refractivity contribution in [2.45, 2.75) is 52.1 Å². The van der Waals surface area contributed by atoms with Crippen molar-refractivity contribution in [3.8, 4) is 0 Å². The summed E-state index contributed by atoms with van der Waals surface area (Å²) in [6.45, 7) is 17.9. The molecule has 1 aliphatic rings. The van der Waals surface area contributed by atoms with Crippen LogP contribution in [-0.4, -0.2) is 65.3 Å². The van der Waals surface area contributed by atoms with E-state index in [2.05, 4.69) is 67.0 Å². The zero-order valence-electron chi connectivity index (χ0n) is 15.6. The number of hydrogen-bond acceptors (Lipinski definition) is 4. The summed E-state index contributed by atoms with van der Waals surface area (Å²) in [5.41, 5.74) is 2.81. The molecule has 1 saturated heterocycles. The monoisotopic (exact) mass is 343 g/mol. The fourth-order valence-electron chi connectivity index (χ4n) is 3.12. The topological polar surface area (TPSA) is 47.2 Å². The molecule has 0 spiro atoms. The maximum absolute atomic E-state index is 4.22. The van der Waals surface area contributed by atoms with E-state index in [1.165, 1.54) is 24.3 Å². The normalized spacial score (nSPS) is 18.0. The van der Waals surface area contributed by atoms with Gasteiger partial charge >= 0.3 is 0 Å². The van der Waals surface area contributed by atoms with Gasteiger partial charge in [-0.3, -0.25) is 10.00 Å². The molecule has 23 heavy (non-hydrogen) atoms. The van der Waals surface area contributed by atoms with Crippen LogP contribution >= 0.6 is 12.4 Å². The third kappa shape index (κ3) is 5.45. The predicted molar refractivity (Wildman–Crippen MR) is 99.4 cm³/mol. The zero-order chi connectivity index (χ0) is 16.4. The highest BCUT2D eigenvalue weighted by Crippen LogP contribution is 2.23. The van der Waals surface area contributed by atoms with E-state index in [4.69, 9.17) is 0 Å². The lowest BCUT2D eigenvalue weighted by Crippen LogP contribution is -2.57. The number of aromatic amines is 1. The van der Waals surface area contributed by atoms with Crippen molar-refractivity contribution in [2.24, 2.45) is 0 Å². The van der Waals surface area contributed by atoms with Crippen molar-refractivity contribution in [3.63, 3.8) is 0 Å². The third-order valence-electron chi connectivity index (χ3n) is 4.70. The number of halogens is 1. The fourth-order valence-corrected chi connectivity index (χ4v) is 3.12. The van der Waals surface area contributed by atoms with Crippen molar-refractivity contribution in [2.75, 3.05) is 39.8 Å². The summed E-state index contributed by atoms with van der Waals surface area (Å²) in [6, 6.07) is 0. The van der Waals surface area contributed by atoms with Crippen LogP contribution in [0.2, 0.25) is 0 Å². The maximum atomic E-state index is 4.22. The molecule has 6 heteroatoms. The molecule has 0 atom stereocenters. The van der Waals surface area contributed by atoms with Gasteiger partial charge in [-0.1, -0.05) is 20.8 Å². The molecule has 1 aromatic rings. The Kier molecular flexibility index (Phi) is 7.08. The van der Waals surface area contributed by atoms with E-state index in [1.54, 1.807) is 0 Å². The number of nitrogens with one attached hydrogen (secondary N) is 2. The summed E-state index contributed by atoms with van der Waals surface area (Å²) in [5.74, 6) is 0. The summed E-state index contributed by atoms with van der Waals surface area (Å²) in [4.78, 5) is 5.00. The number of hydrogen-bond donors (Lipinski definition) is 2. The molecule has 1 aromatic heterocycles. The second-order valence-corrected chi connectivity index (χ2v) is 8.23. The molecule has 134 valence electrons. The largest absolute Gasteiger partial charge is 0.311 e. The first kappa shape index (κ1) is 20.4. The Bertz CT molecular complexity index is 470. The smallest absolute Gasteiger partial charge is 0.0535 e. The van der Waals surface area contributed by atoms with Gasteiger partial charge < -0.3 is 10.2 Å². The van der Waals surface area contributed by atoms with E-state index in [-0.39, 0.29) is 23.4 Å². The first-order chi connectivity index (χ1) is 10.2. The second-order valence-electron chi connectivity index (χ2n) is 8.23. The van der Waals surface area contributed by atoms with Crippen molar-refractivity contribution >= 4 is 12.4 Å². The first-order valence-electron chi connectivity index (χ1n) is 8.37. The molecule has 1 fully saturated rings. The van der Waals surface area contributed by atoms with Crippen LogP contribution in [0.25, 0.3) is 0 Å². The summed E-state index contributed by atoms with van der Waals surface area (Å²) < 4.78 is 0. The van der Waals surface area contributed by atoms with Crippen LogP contribution in [0.5, 0.6) is 0 Å². The summed E-state index contributed by atoms with van der Waals surface area (Å²) in [6.07, 6.45) is 1.95. The van der Waals surface area contributed by atoms with Crippen LogP contribution in [-0.2, 0) is 12.0 Å². The SMILES string of the molecule is CN1CCN(C(C)(C)CNCc2cn[nH]c2C(C)(C)C)CC1.Cl. The van der Waals surface area contributed by atoms with Gasteiger partial charge in [0.1, 0.15) is 0 Å². The summed E-state index contributed by atoms with van der Waals surface area (Å²) in [5, 5.41) is 11.0. The van der Waals surface area contributed by atoms with Gasteiger partial charge in [-0.25, -0.2) is 0 Å². The lowest BCUT2D eigenvalue weighted by molar-refractivity contribution is 0.0618. The van der Waals surface area contributed by atoms with Crippen molar-refractivity contribution in [1.29, 1.82) is 0 Å². The van der Waals surface area contributed by atoms with E-state index in [9.17, 15) is 0 Å². The number of likely N-dealkylation sites (N-methyl/N-ethyl adjacent to an activating group) is 1. The minimum Gasteiger partial charge on any atom is -0.311 e.